The number of para-hydroxylation sites is 1. The minimum atomic E-state index is -0.231. The van der Waals surface area contributed by atoms with Gasteiger partial charge in [-0.3, -0.25) is 9.59 Å². The molecule has 0 bridgehead atoms. The molecule has 1 unspecified atom stereocenters. The van der Waals surface area contributed by atoms with Gasteiger partial charge in [-0.1, -0.05) is 25.1 Å². The van der Waals surface area contributed by atoms with Crippen molar-refractivity contribution in [1.29, 1.82) is 0 Å². The number of nitrogens with one attached hydrogen (secondary N) is 1. The summed E-state index contributed by atoms with van der Waals surface area (Å²) >= 11 is 0. The molecule has 2 aliphatic heterocycles. The predicted molar refractivity (Wildman–Crippen MR) is 92.6 cm³/mol. The Morgan fingerprint density at radius 1 is 1.25 bits per heavy atom. The first-order valence-electron chi connectivity index (χ1n) is 7.96. The molecule has 0 aromatic heterocycles. The van der Waals surface area contributed by atoms with Crippen LogP contribution >= 0.6 is 0 Å². The van der Waals surface area contributed by atoms with Gasteiger partial charge >= 0.3 is 0 Å². The third-order valence-electron chi connectivity index (χ3n) is 4.03. The zero-order valence-electron chi connectivity index (χ0n) is 14.0. The maximum Gasteiger partial charge on any atom is 0.282 e. The second-order valence-electron chi connectivity index (χ2n) is 5.93. The van der Waals surface area contributed by atoms with Crippen molar-refractivity contribution in [2.24, 2.45) is 7.05 Å². The lowest BCUT2D eigenvalue weighted by Gasteiger charge is -2.13. The molecule has 0 radical (unpaired) electrons. The van der Waals surface area contributed by atoms with E-state index in [2.05, 4.69) is 10.4 Å². The minimum Gasteiger partial charge on any atom is -0.356 e. The van der Waals surface area contributed by atoms with Crippen LogP contribution in [0.3, 0.4) is 0 Å². The summed E-state index contributed by atoms with van der Waals surface area (Å²) in [5.74, 6) is -0.219. The van der Waals surface area contributed by atoms with Gasteiger partial charge in [0.2, 0.25) is 0 Å². The highest BCUT2D eigenvalue weighted by Gasteiger charge is 2.24. The predicted octanol–water partition coefficient (Wildman–Crippen LogP) is 2.20. The largest absolute Gasteiger partial charge is 0.356 e. The fourth-order valence-electron chi connectivity index (χ4n) is 2.55. The zero-order valence-corrected chi connectivity index (χ0v) is 14.0. The Morgan fingerprint density at radius 3 is 2.62 bits per heavy atom. The molecule has 2 aliphatic rings. The van der Waals surface area contributed by atoms with Crippen molar-refractivity contribution in [3.8, 4) is 16.9 Å². The van der Waals surface area contributed by atoms with Crippen LogP contribution in [0.5, 0.6) is 0 Å². The second-order valence-corrected chi connectivity index (χ2v) is 5.93. The zero-order chi connectivity index (χ0) is 17.3. The number of nitrogens with zero attached hydrogens (tertiary/aromatic N) is 3. The Kier molecular flexibility index (Phi) is 4.20. The second kappa shape index (κ2) is 6.31. The molecule has 0 saturated heterocycles. The SMILES string of the molecule is CCC(C)NC(=O)c1cn(C)cc2c(=O)n(-c3ccccc3)nc1-2. The van der Waals surface area contributed by atoms with Crippen molar-refractivity contribution in [2.75, 3.05) is 0 Å². The normalized spacial score (nSPS) is 12.3. The maximum atomic E-state index is 12.7. The van der Waals surface area contributed by atoms with Crippen molar-refractivity contribution in [3.63, 3.8) is 0 Å². The summed E-state index contributed by atoms with van der Waals surface area (Å²) in [5.41, 5.74) is 1.70. The van der Waals surface area contributed by atoms with Gasteiger partial charge in [0.1, 0.15) is 5.69 Å². The van der Waals surface area contributed by atoms with E-state index < -0.39 is 0 Å². The monoisotopic (exact) mass is 324 g/mol. The first kappa shape index (κ1) is 16.0. The van der Waals surface area contributed by atoms with E-state index in [1.165, 1.54) is 4.68 Å². The quantitative estimate of drug-likeness (QED) is 0.800. The Hall–Kier alpha value is -2.89. The Bertz CT molecular complexity index is 895. The van der Waals surface area contributed by atoms with Gasteiger partial charge < -0.3 is 9.88 Å². The van der Waals surface area contributed by atoms with E-state index in [4.69, 9.17) is 0 Å². The van der Waals surface area contributed by atoms with Crippen LogP contribution in [0.4, 0.5) is 0 Å². The molecule has 0 fully saturated rings. The molecule has 1 aromatic rings. The van der Waals surface area contributed by atoms with Crippen molar-refractivity contribution < 1.29 is 4.79 Å². The van der Waals surface area contributed by atoms with Gasteiger partial charge in [-0.15, -0.1) is 0 Å². The molecule has 1 amide bonds. The van der Waals surface area contributed by atoms with E-state index in [1.54, 1.807) is 24.0 Å². The fourth-order valence-corrected chi connectivity index (χ4v) is 2.55. The molecule has 0 spiro atoms. The van der Waals surface area contributed by atoms with Gasteiger partial charge in [-0.25, -0.2) is 0 Å². The summed E-state index contributed by atoms with van der Waals surface area (Å²) in [6.45, 7) is 3.95. The number of amides is 1. The number of benzene rings is 1. The average molecular weight is 324 g/mol. The van der Waals surface area contributed by atoms with Gasteiger partial charge in [0.25, 0.3) is 11.5 Å². The van der Waals surface area contributed by atoms with Crippen LogP contribution < -0.4 is 10.9 Å². The molecule has 24 heavy (non-hydrogen) atoms. The number of pyridine rings is 1. The van der Waals surface area contributed by atoms with Crippen molar-refractivity contribution in [1.82, 2.24) is 19.7 Å². The maximum absolute atomic E-state index is 12.7. The molecule has 1 aromatic carbocycles. The number of carbonyl (C=O) groups excluding carboxylic acids is 1. The van der Waals surface area contributed by atoms with Crippen molar-refractivity contribution in [3.05, 3.63) is 58.6 Å². The first-order chi connectivity index (χ1) is 11.5. The number of aryl methyl sites for hydroxylation is 1. The number of hydrogen-bond donors (Lipinski definition) is 1. The average Bonchev–Trinajstić information content (AvgIpc) is 2.91. The number of rotatable bonds is 4. The third kappa shape index (κ3) is 2.82. The lowest BCUT2D eigenvalue weighted by atomic mass is 10.1. The summed E-state index contributed by atoms with van der Waals surface area (Å²) in [5, 5.41) is 7.34. The molecule has 3 rings (SSSR count). The van der Waals surface area contributed by atoms with E-state index in [-0.39, 0.29) is 17.5 Å². The molecule has 0 aliphatic carbocycles. The standard InChI is InChI=1S/C18H20N4O2/c1-4-12(2)19-17(23)14-10-21(3)11-15-16(14)20-22(18(15)24)13-8-6-5-7-9-13/h5-12H,4H2,1-3H3,(H,19,23). The van der Waals surface area contributed by atoms with Gasteiger partial charge in [0.15, 0.2) is 0 Å². The van der Waals surface area contributed by atoms with E-state index in [0.29, 0.717) is 22.5 Å². The Morgan fingerprint density at radius 2 is 1.96 bits per heavy atom. The number of hydrogen-bond acceptors (Lipinski definition) is 3. The highest BCUT2D eigenvalue weighted by molar-refractivity contribution is 6.00. The van der Waals surface area contributed by atoms with Crippen LogP contribution in [0, 0.1) is 0 Å². The van der Waals surface area contributed by atoms with Crippen molar-refractivity contribution in [2.45, 2.75) is 26.3 Å². The third-order valence-corrected chi connectivity index (χ3v) is 4.03. The number of carbonyl (C=O) groups is 1. The van der Waals surface area contributed by atoms with Gasteiger partial charge in [-0.05, 0) is 25.5 Å². The summed E-state index contributed by atoms with van der Waals surface area (Å²) in [6, 6.07) is 9.25. The summed E-state index contributed by atoms with van der Waals surface area (Å²) in [7, 11) is 1.79. The lowest BCUT2D eigenvalue weighted by molar-refractivity contribution is 0.0939. The van der Waals surface area contributed by atoms with Crippen LogP contribution in [-0.2, 0) is 7.05 Å². The molecule has 6 nitrogen and oxygen atoms in total. The number of fused-ring (bicyclic) bond motifs is 1. The number of aromatic nitrogens is 3. The molecule has 124 valence electrons. The van der Waals surface area contributed by atoms with Gasteiger partial charge in [0.05, 0.1) is 16.8 Å². The molecular weight excluding hydrogens is 304 g/mol. The lowest BCUT2D eigenvalue weighted by Crippen LogP contribution is -2.32. The molecule has 2 heterocycles. The van der Waals surface area contributed by atoms with Gasteiger partial charge in [-0.2, -0.15) is 9.78 Å². The van der Waals surface area contributed by atoms with E-state index in [9.17, 15) is 9.59 Å². The Labute approximate surface area is 140 Å². The van der Waals surface area contributed by atoms with Crippen LogP contribution in [0.25, 0.3) is 16.9 Å². The summed E-state index contributed by atoms with van der Waals surface area (Å²) in [4.78, 5) is 25.3. The first-order valence-corrected chi connectivity index (χ1v) is 7.96. The molecule has 1 N–H and O–H groups in total. The smallest absolute Gasteiger partial charge is 0.282 e. The van der Waals surface area contributed by atoms with Gasteiger partial charge in [0, 0.05) is 25.5 Å². The van der Waals surface area contributed by atoms with E-state index in [0.717, 1.165) is 6.42 Å². The molecule has 1 atom stereocenters. The van der Waals surface area contributed by atoms with E-state index in [1.807, 2.05) is 44.2 Å². The van der Waals surface area contributed by atoms with Crippen LogP contribution in [0.15, 0.2) is 47.5 Å². The summed E-state index contributed by atoms with van der Waals surface area (Å²) < 4.78 is 3.05. The molecule has 6 heteroatoms. The Balaban J connectivity index is 2.15. The highest BCUT2D eigenvalue weighted by Crippen LogP contribution is 2.22. The van der Waals surface area contributed by atoms with E-state index >= 15 is 0 Å². The van der Waals surface area contributed by atoms with Crippen LogP contribution in [-0.4, -0.2) is 26.3 Å². The van der Waals surface area contributed by atoms with Crippen LogP contribution in [0.1, 0.15) is 30.6 Å². The van der Waals surface area contributed by atoms with Crippen LogP contribution in [0.2, 0.25) is 0 Å². The fraction of sp³-hybridized carbons (Fsp3) is 0.278. The molecule has 0 saturated carbocycles. The highest BCUT2D eigenvalue weighted by atomic mass is 16.2. The molecular formula is C18H20N4O2. The minimum absolute atomic E-state index is 0.0565. The topological polar surface area (TPSA) is 68.9 Å². The van der Waals surface area contributed by atoms with Crippen molar-refractivity contribution >= 4 is 5.91 Å². The summed E-state index contributed by atoms with van der Waals surface area (Å²) in [6.07, 6.45) is 4.23.